The molecule has 0 aromatic heterocycles. The van der Waals surface area contributed by atoms with Crippen molar-refractivity contribution in [3.63, 3.8) is 0 Å². The summed E-state index contributed by atoms with van der Waals surface area (Å²) in [4.78, 5) is 15.2. The van der Waals surface area contributed by atoms with Crippen LogP contribution >= 0.6 is 0 Å². The summed E-state index contributed by atoms with van der Waals surface area (Å²) in [6.45, 7) is 4.54. The molecule has 1 amide bonds. The standard InChI is InChI=1S/C25H27N3O4S/c1-19(20-8-3-2-4-9-20)27-33(30,31)22-11-7-10-21(18-22)25(29)26-23-12-5-6-13-24(23)28-14-16-32-17-15-28/h2-13,18-19,27H,14-17H2,1H3,(H,26,29)/t19-/m1/s1. The fourth-order valence-corrected chi connectivity index (χ4v) is 5.05. The molecule has 1 aliphatic heterocycles. The van der Waals surface area contributed by atoms with Crippen molar-refractivity contribution in [2.75, 3.05) is 36.5 Å². The number of ether oxygens (including phenoxy) is 1. The van der Waals surface area contributed by atoms with Crippen LogP contribution in [0.4, 0.5) is 11.4 Å². The van der Waals surface area contributed by atoms with E-state index < -0.39 is 16.1 Å². The van der Waals surface area contributed by atoms with Gasteiger partial charge in [-0.1, -0.05) is 48.5 Å². The lowest BCUT2D eigenvalue weighted by Gasteiger charge is -2.30. The predicted molar refractivity (Wildman–Crippen MR) is 129 cm³/mol. The van der Waals surface area contributed by atoms with Crippen molar-refractivity contribution in [1.82, 2.24) is 4.72 Å². The maximum atomic E-state index is 13.0. The zero-order valence-corrected chi connectivity index (χ0v) is 19.2. The lowest BCUT2D eigenvalue weighted by atomic mass is 10.1. The quantitative estimate of drug-likeness (QED) is 0.554. The van der Waals surface area contributed by atoms with Crippen LogP contribution in [0.2, 0.25) is 0 Å². The monoisotopic (exact) mass is 465 g/mol. The van der Waals surface area contributed by atoms with Gasteiger partial charge in [0.05, 0.1) is 29.5 Å². The minimum absolute atomic E-state index is 0.0411. The van der Waals surface area contributed by atoms with E-state index >= 15 is 0 Å². The molecule has 33 heavy (non-hydrogen) atoms. The maximum absolute atomic E-state index is 13.0. The van der Waals surface area contributed by atoms with Crippen molar-refractivity contribution in [3.05, 3.63) is 90.0 Å². The zero-order chi connectivity index (χ0) is 23.3. The first-order chi connectivity index (χ1) is 15.9. The fraction of sp³-hybridized carbons (Fsp3) is 0.240. The Hall–Kier alpha value is -3.20. The molecule has 3 aromatic carbocycles. The Bertz CT molecular complexity index is 1210. The van der Waals surface area contributed by atoms with Crippen LogP contribution in [0.5, 0.6) is 0 Å². The number of anilines is 2. The fourth-order valence-electron chi connectivity index (χ4n) is 3.77. The van der Waals surface area contributed by atoms with Gasteiger partial charge in [0, 0.05) is 24.7 Å². The lowest BCUT2D eigenvalue weighted by molar-refractivity contribution is 0.102. The summed E-state index contributed by atoms with van der Waals surface area (Å²) in [6, 6.07) is 22.6. The second-order valence-electron chi connectivity index (χ2n) is 7.85. The number of hydrogen-bond donors (Lipinski definition) is 2. The minimum Gasteiger partial charge on any atom is -0.378 e. The maximum Gasteiger partial charge on any atom is 0.255 e. The van der Waals surface area contributed by atoms with E-state index in [0.717, 1.165) is 24.3 Å². The van der Waals surface area contributed by atoms with E-state index in [1.807, 2.05) is 54.6 Å². The summed E-state index contributed by atoms with van der Waals surface area (Å²) in [6.07, 6.45) is 0. The Balaban J connectivity index is 1.52. The van der Waals surface area contributed by atoms with Gasteiger partial charge in [0.15, 0.2) is 0 Å². The molecule has 0 radical (unpaired) electrons. The van der Waals surface area contributed by atoms with Crippen LogP contribution in [0.15, 0.2) is 83.8 Å². The molecule has 4 rings (SSSR count). The predicted octanol–water partition coefficient (Wildman–Crippen LogP) is 3.82. The summed E-state index contributed by atoms with van der Waals surface area (Å²) in [5.41, 5.74) is 2.71. The molecule has 1 fully saturated rings. The number of carbonyl (C=O) groups is 1. The van der Waals surface area contributed by atoms with Gasteiger partial charge >= 0.3 is 0 Å². The third kappa shape index (κ3) is 5.60. The first-order valence-corrected chi connectivity index (χ1v) is 12.3. The molecule has 3 aromatic rings. The molecule has 8 heteroatoms. The SMILES string of the molecule is C[C@@H](NS(=O)(=O)c1cccc(C(=O)Nc2ccccc2N2CCOCC2)c1)c1ccccc1. The molecular formula is C25H27N3O4S. The highest BCUT2D eigenvalue weighted by molar-refractivity contribution is 7.89. The summed E-state index contributed by atoms with van der Waals surface area (Å²) < 4.78 is 34.0. The highest BCUT2D eigenvalue weighted by Gasteiger charge is 2.21. The van der Waals surface area contributed by atoms with Gasteiger partial charge in [-0.05, 0) is 42.8 Å². The normalized spacial score (nSPS) is 15.1. The van der Waals surface area contributed by atoms with Gasteiger partial charge in [0.2, 0.25) is 10.0 Å². The van der Waals surface area contributed by atoms with Crippen LogP contribution in [0.25, 0.3) is 0 Å². The molecule has 1 heterocycles. The smallest absolute Gasteiger partial charge is 0.255 e. The Morgan fingerprint density at radius 3 is 2.39 bits per heavy atom. The Morgan fingerprint density at radius 2 is 1.64 bits per heavy atom. The third-order valence-corrected chi connectivity index (χ3v) is 7.08. The Kier molecular flexibility index (Phi) is 7.08. The molecule has 0 aliphatic carbocycles. The summed E-state index contributed by atoms with van der Waals surface area (Å²) in [5, 5.41) is 2.93. The van der Waals surface area contributed by atoms with Crippen molar-refractivity contribution in [1.29, 1.82) is 0 Å². The van der Waals surface area contributed by atoms with Crippen molar-refractivity contribution in [2.45, 2.75) is 17.9 Å². The molecular weight excluding hydrogens is 438 g/mol. The van der Waals surface area contributed by atoms with Gasteiger partial charge in [-0.15, -0.1) is 0 Å². The van der Waals surface area contributed by atoms with E-state index in [1.165, 1.54) is 12.1 Å². The molecule has 7 nitrogen and oxygen atoms in total. The molecule has 1 aliphatic rings. The van der Waals surface area contributed by atoms with Crippen molar-refractivity contribution >= 4 is 27.3 Å². The van der Waals surface area contributed by atoms with Gasteiger partial charge in [-0.2, -0.15) is 0 Å². The van der Waals surface area contributed by atoms with E-state index in [-0.39, 0.29) is 16.4 Å². The number of carbonyl (C=O) groups excluding carboxylic acids is 1. The van der Waals surface area contributed by atoms with Crippen LogP contribution in [-0.4, -0.2) is 40.6 Å². The van der Waals surface area contributed by atoms with Crippen molar-refractivity contribution < 1.29 is 17.9 Å². The Morgan fingerprint density at radius 1 is 0.939 bits per heavy atom. The van der Waals surface area contributed by atoms with E-state index in [0.29, 0.717) is 18.9 Å². The molecule has 0 saturated carbocycles. The summed E-state index contributed by atoms with van der Waals surface area (Å²) >= 11 is 0. The van der Waals surface area contributed by atoms with E-state index in [9.17, 15) is 13.2 Å². The highest BCUT2D eigenvalue weighted by Crippen LogP contribution is 2.27. The van der Waals surface area contributed by atoms with Crippen molar-refractivity contribution in [3.8, 4) is 0 Å². The van der Waals surface area contributed by atoms with E-state index in [1.54, 1.807) is 19.1 Å². The average Bonchev–Trinajstić information content (AvgIpc) is 2.85. The number of morpholine rings is 1. The van der Waals surface area contributed by atoms with Crippen LogP contribution < -0.4 is 14.9 Å². The first-order valence-electron chi connectivity index (χ1n) is 10.8. The number of para-hydroxylation sites is 2. The van der Waals surface area contributed by atoms with Gasteiger partial charge in [0.25, 0.3) is 5.91 Å². The second kappa shape index (κ2) is 10.2. The number of hydrogen-bond acceptors (Lipinski definition) is 5. The summed E-state index contributed by atoms with van der Waals surface area (Å²) in [7, 11) is -3.81. The number of sulfonamides is 1. The van der Waals surface area contributed by atoms with Gasteiger partial charge in [-0.25, -0.2) is 13.1 Å². The number of nitrogens with zero attached hydrogens (tertiary/aromatic N) is 1. The van der Waals surface area contributed by atoms with E-state index in [4.69, 9.17) is 4.74 Å². The largest absolute Gasteiger partial charge is 0.378 e. The minimum atomic E-state index is -3.81. The van der Waals surface area contributed by atoms with Crippen LogP contribution in [0, 0.1) is 0 Å². The molecule has 1 atom stereocenters. The van der Waals surface area contributed by atoms with E-state index in [2.05, 4.69) is 14.9 Å². The number of nitrogens with one attached hydrogen (secondary N) is 2. The number of benzene rings is 3. The topological polar surface area (TPSA) is 87.7 Å². The molecule has 0 bridgehead atoms. The Labute approximate surface area is 194 Å². The van der Waals surface area contributed by atoms with Crippen molar-refractivity contribution in [2.24, 2.45) is 0 Å². The van der Waals surface area contributed by atoms with Gasteiger partial charge in [0.1, 0.15) is 0 Å². The van der Waals surface area contributed by atoms with Crippen LogP contribution in [0.3, 0.4) is 0 Å². The first kappa shape index (κ1) is 23.0. The van der Waals surface area contributed by atoms with Gasteiger partial charge in [-0.3, -0.25) is 4.79 Å². The van der Waals surface area contributed by atoms with Crippen LogP contribution in [-0.2, 0) is 14.8 Å². The number of amides is 1. The van der Waals surface area contributed by atoms with Crippen LogP contribution in [0.1, 0.15) is 28.9 Å². The average molecular weight is 466 g/mol. The second-order valence-corrected chi connectivity index (χ2v) is 9.57. The highest BCUT2D eigenvalue weighted by atomic mass is 32.2. The molecule has 172 valence electrons. The lowest BCUT2D eigenvalue weighted by Crippen LogP contribution is -2.36. The molecule has 0 unspecified atom stereocenters. The molecule has 2 N–H and O–H groups in total. The third-order valence-electron chi connectivity index (χ3n) is 5.54. The number of rotatable bonds is 7. The van der Waals surface area contributed by atoms with Gasteiger partial charge < -0.3 is 15.0 Å². The molecule has 0 spiro atoms. The summed E-state index contributed by atoms with van der Waals surface area (Å²) in [5.74, 6) is -0.371. The zero-order valence-electron chi connectivity index (χ0n) is 18.4. The molecule has 1 saturated heterocycles.